The third-order valence-corrected chi connectivity index (χ3v) is 4.26. The second kappa shape index (κ2) is 6.87. The van der Waals surface area contributed by atoms with Gasteiger partial charge in [-0.15, -0.1) is 0 Å². The van der Waals surface area contributed by atoms with Crippen LogP contribution in [-0.2, 0) is 16.1 Å². The number of aromatic nitrogens is 2. The lowest BCUT2D eigenvalue weighted by Crippen LogP contribution is -2.41. The molecule has 0 spiro atoms. The van der Waals surface area contributed by atoms with Crippen molar-refractivity contribution in [3.8, 4) is 5.75 Å². The highest BCUT2D eigenvalue weighted by Crippen LogP contribution is 2.31. The molecule has 2 aromatic carbocycles. The summed E-state index contributed by atoms with van der Waals surface area (Å²) in [4.78, 5) is 33.5. The van der Waals surface area contributed by atoms with Gasteiger partial charge in [-0.1, -0.05) is 24.3 Å². The Morgan fingerprint density at radius 1 is 1.19 bits per heavy atom. The van der Waals surface area contributed by atoms with E-state index in [1.165, 1.54) is 0 Å². The number of benzene rings is 2. The van der Waals surface area contributed by atoms with Gasteiger partial charge < -0.3 is 19.9 Å². The molecule has 0 atom stereocenters. The Labute approximate surface area is 150 Å². The van der Waals surface area contributed by atoms with Gasteiger partial charge in [0.05, 0.1) is 23.3 Å². The standard InChI is InChI=1S/C19H18N4O3/c24-18(20-11-17-21-13-5-1-2-6-14(13)22-17)9-10-23-15-7-3-4-8-16(15)26-12-19(23)25/h1-8H,9-12H2,(H,20,24)(H,21,22). The van der Waals surface area contributed by atoms with Crippen LogP contribution in [-0.4, -0.2) is 34.9 Å². The van der Waals surface area contributed by atoms with Gasteiger partial charge in [0.1, 0.15) is 11.6 Å². The average Bonchev–Trinajstić information content (AvgIpc) is 3.08. The van der Waals surface area contributed by atoms with Crippen molar-refractivity contribution in [1.29, 1.82) is 0 Å². The summed E-state index contributed by atoms with van der Waals surface area (Å²) in [5.74, 6) is 1.08. The smallest absolute Gasteiger partial charge is 0.265 e. The van der Waals surface area contributed by atoms with Crippen LogP contribution in [0.5, 0.6) is 5.75 Å². The number of fused-ring (bicyclic) bond motifs is 2. The highest BCUT2D eigenvalue weighted by atomic mass is 16.5. The predicted octanol–water partition coefficient (Wildman–Crippen LogP) is 1.99. The first kappa shape index (κ1) is 16.1. The van der Waals surface area contributed by atoms with Crippen molar-refractivity contribution in [2.24, 2.45) is 0 Å². The number of anilines is 1. The number of H-pyrrole nitrogens is 1. The van der Waals surface area contributed by atoms with Crippen LogP contribution in [0.4, 0.5) is 5.69 Å². The number of hydrogen-bond donors (Lipinski definition) is 2. The van der Waals surface area contributed by atoms with Gasteiger partial charge in [0.15, 0.2) is 6.61 Å². The molecule has 2 amide bonds. The van der Waals surface area contributed by atoms with Crippen LogP contribution >= 0.6 is 0 Å². The van der Waals surface area contributed by atoms with Crippen molar-refractivity contribution in [2.45, 2.75) is 13.0 Å². The minimum atomic E-state index is -0.145. The van der Waals surface area contributed by atoms with Crippen LogP contribution in [0.3, 0.4) is 0 Å². The number of carbonyl (C=O) groups excluding carboxylic acids is 2. The number of rotatable bonds is 5. The molecule has 0 bridgehead atoms. The summed E-state index contributed by atoms with van der Waals surface area (Å²) < 4.78 is 5.40. The van der Waals surface area contributed by atoms with Crippen LogP contribution in [0.1, 0.15) is 12.2 Å². The van der Waals surface area contributed by atoms with Gasteiger partial charge >= 0.3 is 0 Å². The molecule has 0 saturated heterocycles. The molecule has 7 heteroatoms. The van der Waals surface area contributed by atoms with E-state index in [9.17, 15) is 9.59 Å². The Bertz CT molecular complexity index is 933. The van der Waals surface area contributed by atoms with Crippen LogP contribution in [0.2, 0.25) is 0 Å². The number of imidazole rings is 1. The Morgan fingerprint density at radius 3 is 2.88 bits per heavy atom. The zero-order valence-electron chi connectivity index (χ0n) is 14.1. The molecule has 0 saturated carbocycles. The number of amides is 2. The number of aromatic amines is 1. The van der Waals surface area contributed by atoms with Crippen LogP contribution < -0.4 is 15.0 Å². The fraction of sp³-hybridized carbons (Fsp3) is 0.211. The van der Waals surface area contributed by atoms with Crippen molar-refractivity contribution in [2.75, 3.05) is 18.1 Å². The van der Waals surface area contributed by atoms with E-state index in [0.717, 1.165) is 11.0 Å². The third-order valence-electron chi connectivity index (χ3n) is 4.26. The second-order valence-corrected chi connectivity index (χ2v) is 6.03. The Morgan fingerprint density at radius 2 is 2.00 bits per heavy atom. The predicted molar refractivity (Wildman–Crippen MR) is 96.8 cm³/mol. The highest BCUT2D eigenvalue weighted by molar-refractivity contribution is 5.98. The van der Waals surface area contributed by atoms with Crippen molar-refractivity contribution >= 4 is 28.5 Å². The van der Waals surface area contributed by atoms with Gasteiger partial charge in [-0.05, 0) is 24.3 Å². The molecule has 3 aromatic rings. The maximum absolute atomic E-state index is 12.2. The number of nitrogens with zero attached hydrogens (tertiary/aromatic N) is 2. The summed E-state index contributed by atoms with van der Waals surface area (Å²) in [6.07, 6.45) is 0.209. The maximum atomic E-state index is 12.2. The third kappa shape index (κ3) is 3.23. The minimum absolute atomic E-state index is 0.00236. The molecule has 0 radical (unpaired) electrons. The van der Waals surface area contributed by atoms with E-state index < -0.39 is 0 Å². The van der Waals surface area contributed by atoms with E-state index in [0.29, 0.717) is 30.4 Å². The van der Waals surface area contributed by atoms with Gasteiger partial charge in [-0.2, -0.15) is 0 Å². The summed E-state index contributed by atoms with van der Waals surface area (Å²) in [6.45, 7) is 0.629. The topological polar surface area (TPSA) is 87.3 Å². The number of ether oxygens (including phenoxy) is 1. The fourth-order valence-electron chi connectivity index (χ4n) is 2.97. The van der Waals surface area contributed by atoms with Gasteiger partial charge in [0.25, 0.3) is 5.91 Å². The molecule has 7 nitrogen and oxygen atoms in total. The molecule has 0 fully saturated rings. The van der Waals surface area contributed by atoms with E-state index in [1.807, 2.05) is 48.5 Å². The Kier molecular flexibility index (Phi) is 4.27. The van der Waals surface area contributed by atoms with E-state index in [1.54, 1.807) is 4.90 Å². The lowest BCUT2D eigenvalue weighted by Gasteiger charge is -2.29. The molecule has 4 rings (SSSR count). The van der Waals surface area contributed by atoms with E-state index in [-0.39, 0.29) is 24.8 Å². The van der Waals surface area contributed by atoms with Gasteiger partial charge in [0.2, 0.25) is 5.91 Å². The Hall–Kier alpha value is -3.35. The van der Waals surface area contributed by atoms with Crippen LogP contribution in [0, 0.1) is 0 Å². The average molecular weight is 350 g/mol. The molecule has 1 aliphatic heterocycles. The SMILES string of the molecule is O=C(CCN1C(=O)COc2ccccc21)NCc1nc2ccccc2[nH]1. The monoisotopic (exact) mass is 350 g/mol. The molecule has 1 aromatic heterocycles. The summed E-state index contributed by atoms with van der Waals surface area (Å²) in [7, 11) is 0. The summed E-state index contributed by atoms with van der Waals surface area (Å²) in [5, 5.41) is 2.84. The Balaban J connectivity index is 1.34. The van der Waals surface area contributed by atoms with Crippen molar-refractivity contribution in [1.82, 2.24) is 15.3 Å². The lowest BCUT2D eigenvalue weighted by molar-refractivity contribution is -0.122. The molecule has 132 valence electrons. The summed E-state index contributed by atoms with van der Waals surface area (Å²) >= 11 is 0. The van der Waals surface area contributed by atoms with Crippen molar-refractivity contribution in [3.63, 3.8) is 0 Å². The molecular weight excluding hydrogens is 332 g/mol. The van der Waals surface area contributed by atoms with Gasteiger partial charge in [-0.3, -0.25) is 9.59 Å². The van der Waals surface area contributed by atoms with Crippen molar-refractivity contribution in [3.05, 3.63) is 54.4 Å². The summed E-state index contributed by atoms with van der Waals surface area (Å²) in [5.41, 5.74) is 2.51. The zero-order valence-corrected chi connectivity index (χ0v) is 14.1. The van der Waals surface area contributed by atoms with Crippen molar-refractivity contribution < 1.29 is 14.3 Å². The second-order valence-electron chi connectivity index (χ2n) is 6.03. The molecule has 2 N–H and O–H groups in total. The minimum Gasteiger partial charge on any atom is -0.482 e. The largest absolute Gasteiger partial charge is 0.482 e. The first-order valence-corrected chi connectivity index (χ1v) is 8.43. The quantitative estimate of drug-likeness (QED) is 0.737. The molecule has 0 unspecified atom stereocenters. The maximum Gasteiger partial charge on any atom is 0.265 e. The van der Waals surface area contributed by atoms with Crippen LogP contribution in [0.15, 0.2) is 48.5 Å². The van der Waals surface area contributed by atoms with E-state index in [4.69, 9.17) is 4.74 Å². The number of carbonyl (C=O) groups is 2. The molecule has 26 heavy (non-hydrogen) atoms. The number of nitrogens with one attached hydrogen (secondary N) is 2. The fourth-order valence-corrected chi connectivity index (χ4v) is 2.97. The molecule has 0 aliphatic carbocycles. The highest BCUT2D eigenvalue weighted by Gasteiger charge is 2.25. The van der Waals surface area contributed by atoms with Gasteiger partial charge in [0, 0.05) is 13.0 Å². The van der Waals surface area contributed by atoms with Gasteiger partial charge in [-0.25, -0.2) is 4.98 Å². The van der Waals surface area contributed by atoms with E-state index >= 15 is 0 Å². The lowest BCUT2D eigenvalue weighted by atomic mass is 10.2. The molecular formula is C19H18N4O3. The van der Waals surface area contributed by atoms with Crippen LogP contribution in [0.25, 0.3) is 11.0 Å². The van der Waals surface area contributed by atoms with E-state index in [2.05, 4.69) is 15.3 Å². The zero-order chi connectivity index (χ0) is 17.9. The normalized spacial score (nSPS) is 13.4. The molecule has 2 heterocycles. The summed E-state index contributed by atoms with van der Waals surface area (Å²) in [6, 6.07) is 15.0. The molecule has 1 aliphatic rings. The first-order valence-electron chi connectivity index (χ1n) is 8.43. The number of para-hydroxylation sites is 4. The number of hydrogen-bond acceptors (Lipinski definition) is 4. The first-order chi connectivity index (χ1) is 12.7.